The van der Waals surface area contributed by atoms with Gasteiger partial charge in [0.05, 0.1) is 0 Å². The van der Waals surface area contributed by atoms with Crippen LogP contribution in [0.4, 0.5) is 4.79 Å². The molecular weight excluding hydrogens is 264 g/mol. The highest BCUT2D eigenvalue weighted by Crippen LogP contribution is 2.25. The van der Waals surface area contributed by atoms with Crippen molar-refractivity contribution >= 4 is 6.09 Å². The van der Waals surface area contributed by atoms with Crippen molar-refractivity contribution in [1.29, 1.82) is 0 Å². The Morgan fingerprint density at radius 1 is 1.24 bits per heavy atom. The Balaban J connectivity index is 1.68. The molecule has 4 heteroatoms. The molecule has 2 saturated heterocycles. The van der Waals surface area contributed by atoms with E-state index in [2.05, 4.69) is 5.32 Å². The maximum Gasteiger partial charge on any atom is 0.410 e. The Morgan fingerprint density at radius 2 is 2.00 bits per heavy atom. The van der Waals surface area contributed by atoms with Gasteiger partial charge in [0.1, 0.15) is 5.60 Å². The summed E-state index contributed by atoms with van der Waals surface area (Å²) in [7, 11) is 0. The van der Waals surface area contributed by atoms with Gasteiger partial charge in [0.15, 0.2) is 0 Å². The molecule has 2 heterocycles. The molecule has 2 aliphatic heterocycles. The molecule has 1 N–H and O–H groups in total. The van der Waals surface area contributed by atoms with Crippen LogP contribution in [0.25, 0.3) is 0 Å². The molecule has 0 spiro atoms. The number of ether oxygens (including phenoxy) is 1. The van der Waals surface area contributed by atoms with Crippen LogP contribution in [0.1, 0.15) is 59.3 Å². The largest absolute Gasteiger partial charge is 0.444 e. The van der Waals surface area contributed by atoms with Crippen LogP contribution in [0.15, 0.2) is 0 Å². The summed E-state index contributed by atoms with van der Waals surface area (Å²) in [4.78, 5) is 14.1. The van der Waals surface area contributed by atoms with Gasteiger partial charge in [0.25, 0.3) is 0 Å². The first-order valence-electron chi connectivity index (χ1n) is 8.63. The Kier molecular flexibility index (Phi) is 5.91. The first-order chi connectivity index (χ1) is 9.94. The highest BCUT2D eigenvalue weighted by Gasteiger charge is 2.27. The second kappa shape index (κ2) is 7.48. The van der Waals surface area contributed by atoms with Gasteiger partial charge in [0.2, 0.25) is 0 Å². The molecule has 0 aromatic carbocycles. The van der Waals surface area contributed by atoms with Gasteiger partial charge in [0, 0.05) is 13.1 Å². The van der Waals surface area contributed by atoms with E-state index in [4.69, 9.17) is 4.74 Å². The van der Waals surface area contributed by atoms with E-state index in [1.807, 2.05) is 25.7 Å². The van der Waals surface area contributed by atoms with E-state index < -0.39 is 0 Å². The van der Waals surface area contributed by atoms with Gasteiger partial charge in [-0.25, -0.2) is 4.79 Å². The van der Waals surface area contributed by atoms with Crippen LogP contribution in [0.3, 0.4) is 0 Å². The van der Waals surface area contributed by atoms with Crippen LogP contribution in [0.5, 0.6) is 0 Å². The molecule has 4 nitrogen and oxygen atoms in total. The number of amides is 1. The number of piperidine rings is 1. The topological polar surface area (TPSA) is 41.6 Å². The maximum absolute atomic E-state index is 12.1. The summed E-state index contributed by atoms with van der Waals surface area (Å²) in [5, 5.41) is 3.44. The standard InChI is InChI=1S/C17H32N2O2/c1-17(2,3)21-16(20)19-11-5-8-15(13-19)7-4-6-14-9-10-18-12-14/h14-15,18H,4-13H2,1-3H3. The molecule has 0 aliphatic carbocycles. The fraction of sp³-hybridized carbons (Fsp3) is 0.941. The van der Waals surface area contributed by atoms with Crippen LogP contribution in [-0.2, 0) is 4.74 Å². The number of likely N-dealkylation sites (tertiary alicyclic amines) is 1. The summed E-state index contributed by atoms with van der Waals surface area (Å²) in [6.45, 7) is 9.94. The molecule has 2 rings (SSSR count). The number of nitrogens with zero attached hydrogens (tertiary/aromatic N) is 1. The zero-order valence-electron chi connectivity index (χ0n) is 14.0. The van der Waals surface area contributed by atoms with E-state index in [0.29, 0.717) is 5.92 Å². The van der Waals surface area contributed by atoms with Crippen molar-refractivity contribution in [2.24, 2.45) is 11.8 Å². The van der Waals surface area contributed by atoms with Gasteiger partial charge in [-0.1, -0.05) is 6.42 Å². The molecule has 2 atom stereocenters. The quantitative estimate of drug-likeness (QED) is 0.864. The number of nitrogens with one attached hydrogen (secondary N) is 1. The number of rotatable bonds is 4. The Labute approximate surface area is 129 Å². The summed E-state index contributed by atoms with van der Waals surface area (Å²) in [5.74, 6) is 1.55. The van der Waals surface area contributed by atoms with Gasteiger partial charge in [-0.3, -0.25) is 0 Å². The summed E-state index contributed by atoms with van der Waals surface area (Å²) in [6.07, 6.45) is 7.50. The first-order valence-corrected chi connectivity index (χ1v) is 8.63. The van der Waals surface area contributed by atoms with Crippen LogP contribution in [-0.4, -0.2) is 42.8 Å². The van der Waals surface area contributed by atoms with E-state index in [-0.39, 0.29) is 11.7 Å². The highest BCUT2D eigenvalue weighted by atomic mass is 16.6. The van der Waals surface area contributed by atoms with Crippen molar-refractivity contribution in [2.75, 3.05) is 26.2 Å². The second-order valence-corrected chi connectivity index (χ2v) is 7.72. The van der Waals surface area contributed by atoms with E-state index in [9.17, 15) is 4.79 Å². The lowest BCUT2D eigenvalue weighted by Gasteiger charge is -2.34. The van der Waals surface area contributed by atoms with Crippen LogP contribution in [0, 0.1) is 11.8 Å². The van der Waals surface area contributed by atoms with Crippen molar-refractivity contribution in [3.05, 3.63) is 0 Å². The third-order valence-electron chi connectivity index (χ3n) is 4.56. The molecule has 0 radical (unpaired) electrons. The number of carbonyl (C=O) groups excluding carboxylic acids is 1. The van der Waals surface area contributed by atoms with E-state index in [0.717, 1.165) is 25.4 Å². The minimum atomic E-state index is -0.389. The SMILES string of the molecule is CC(C)(C)OC(=O)N1CCCC(CCCC2CCNC2)C1. The molecule has 2 unspecified atom stereocenters. The highest BCUT2D eigenvalue weighted by molar-refractivity contribution is 5.68. The van der Waals surface area contributed by atoms with Crippen LogP contribution >= 0.6 is 0 Å². The van der Waals surface area contributed by atoms with E-state index in [1.165, 1.54) is 45.2 Å². The molecule has 1 amide bonds. The van der Waals surface area contributed by atoms with Gasteiger partial charge in [-0.05, 0) is 77.8 Å². The minimum absolute atomic E-state index is 0.132. The van der Waals surface area contributed by atoms with Crippen molar-refractivity contribution in [3.8, 4) is 0 Å². The Morgan fingerprint density at radius 3 is 2.67 bits per heavy atom. The van der Waals surface area contributed by atoms with E-state index >= 15 is 0 Å². The average Bonchev–Trinajstić information content (AvgIpc) is 2.90. The van der Waals surface area contributed by atoms with Gasteiger partial charge in [-0.15, -0.1) is 0 Å². The predicted molar refractivity (Wildman–Crippen MR) is 85.4 cm³/mol. The molecule has 0 aromatic heterocycles. The molecule has 122 valence electrons. The fourth-order valence-electron chi connectivity index (χ4n) is 3.45. The fourth-order valence-corrected chi connectivity index (χ4v) is 3.45. The monoisotopic (exact) mass is 296 g/mol. The molecule has 21 heavy (non-hydrogen) atoms. The third kappa shape index (κ3) is 5.85. The first kappa shape index (κ1) is 16.6. The number of hydrogen-bond donors (Lipinski definition) is 1. The maximum atomic E-state index is 12.1. The van der Waals surface area contributed by atoms with Gasteiger partial charge < -0.3 is 15.0 Å². The lowest BCUT2D eigenvalue weighted by molar-refractivity contribution is 0.0160. The van der Waals surface area contributed by atoms with Crippen molar-refractivity contribution in [1.82, 2.24) is 10.2 Å². The van der Waals surface area contributed by atoms with Crippen molar-refractivity contribution in [3.63, 3.8) is 0 Å². The molecule has 0 saturated carbocycles. The summed E-state index contributed by atoms with van der Waals surface area (Å²) >= 11 is 0. The van der Waals surface area contributed by atoms with Gasteiger partial charge in [-0.2, -0.15) is 0 Å². The third-order valence-corrected chi connectivity index (χ3v) is 4.56. The average molecular weight is 296 g/mol. The van der Waals surface area contributed by atoms with Crippen LogP contribution < -0.4 is 5.32 Å². The Hall–Kier alpha value is -0.770. The molecule has 2 aliphatic rings. The predicted octanol–water partition coefficient (Wildman–Crippen LogP) is 3.41. The zero-order valence-corrected chi connectivity index (χ0v) is 14.0. The second-order valence-electron chi connectivity index (χ2n) is 7.72. The molecule has 0 aromatic rings. The van der Waals surface area contributed by atoms with E-state index in [1.54, 1.807) is 0 Å². The lowest BCUT2D eigenvalue weighted by atomic mass is 9.90. The Bertz CT molecular complexity index is 332. The van der Waals surface area contributed by atoms with Crippen molar-refractivity contribution < 1.29 is 9.53 Å². The summed E-state index contributed by atoms with van der Waals surface area (Å²) in [5.41, 5.74) is -0.389. The smallest absolute Gasteiger partial charge is 0.410 e. The lowest BCUT2D eigenvalue weighted by Crippen LogP contribution is -2.42. The number of carbonyl (C=O) groups is 1. The minimum Gasteiger partial charge on any atom is -0.444 e. The van der Waals surface area contributed by atoms with Crippen molar-refractivity contribution in [2.45, 2.75) is 64.9 Å². The zero-order chi connectivity index (χ0) is 15.3. The molecule has 0 bridgehead atoms. The summed E-state index contributed by atoms with van der Waals surface area (Å²) < 4.78 is 5.49. The molecular formula is C17H32N2O2. The van der Waals surface area contributed by atoms with Gasteiger partial charge >= 0.3 is 6.09 Å². The van der Waals surface area contributed by atoms with Crippen LogP contribution in [0.2, 0.25) is 0 Å². The molecule has 2 fully saturated rings. The summed E-state index contributed by atoms with van der Waals surface area (Å²) in [6, 6.07) is 0. The normalized spacial score (nSPS) is 26.9. The number of hydrogen-bond acceptors (Lipinski definition) is 3.